The molecule has 0 aliphatic heterocycles. The molecule has 1 aromatic heterocycles. The number of quaternary nitrogens is 1. The summed E-state index contributed by atoms with van der Waals surface area (Å²) < 4.78 is 0.758. The first-order valence-corrected chi connectivity index (χ1v) is 7.74. The lowest BCUT2D eigenvalue weighted by Gasteiger charge is -2.27. The number of rotatable bonds is 6. The number of likely N-dealkylation sites (N-methyl/N-ethyl adjacent to an activating group) is 1. The van der Waals surface area contributed by atoms with E-state index in [9.17, 15) is 10.1 Å². The number of halogens is 1. The molecule has 1 aromatic rings. The number of nitrogens with zero attached hydrogens (tertiary/aromatic N) is 1. The van der Waals surface area contributed by atoms with Crippen molar-refractivity contribution >= 4 is 28.8 Å². The van der Waals surface area contributed by atoms with Crippen LogP contribution in [0.25, 0.3) is 0 Å². The number of amides is 1. The average Bonchev–Trinajstić information content (AvgIpc) is 2.73. The van der Waals surface area contributed by atoms with Crippen molar-refractivity contribution in [2.24, 2.45) is 5.92 Å². The molecule has 2 atom stereocenters. The molecule has 6 heteroatoms. The summed E-state index contributed by atoms with van der Waals surface area (Å²) in [5.74, 6) is -0.0456. The number of hydrogen-bond donors (Lipinski definition) is 2. The number of hydrogen-bond acceptors (Lipinski definition) is 3. The number of nitriles is 1. The van der Waals surface area contributed by atoms with Gasteiger partial charge in [-0.3, -0.25) is 4.79 Å². The monoisotopic (exact) mass is 314 g/mol. The molecule has 4 nitrogen and oxygen atoms in total. The van der Waals surface area contributed by atoms with Gasteiger partial charge in [0.2, 0.25) is 0 Å². The van der Waals surface area contributed by atoms with Crippen molar-refractivity contribution in [3.63, 3.8) is 0 Å². The maximum Gasteiger partial charge on any atom is 0.276 e. The molecule has 0 radical (unpaired) electrons. The molecule has 2 N–H and O–H groups in total. The van der Waals surface area contributed by atoms with Crippen LogP contribution < -0.4 is 10.2 Å². The van der Waals surface area contributed by atoms with Gasteiger partial charge in [-0.15, -0.1) is 11.3 Å². The molecular weight excluding hydrogens is 294 g/mol. The highest BCUT2D eigenvalue weighted by Gasteiger charge is 2.30. The Labute approximate surface area is 129 Å². The molecule has 0 bridgehead atoms. The van der Waals surface area contributed by atoms with E-state index in [0.29, 0.717) is 6.54 Å². The van der Waals surface area contributed by atoms with Crippen LogP contribution in [0.1, 0.15) is 25.6 Å². The second kappa shape index (κ2) is 7.07. The van der Waals surface area contributed by atoms with E-state index in [1.807, 2.05) is 33.0 Å². The molecule has 0 aliphatic rings. The highest BCUT2D eigenvalue weighted by molar-refractivity contribution is 7.16. The molecule has 1 unspecified atom stereocenters. The van der Waals surface area contributed by atoms with E-state index in [4.69, 9.17) is 11.6 Å². The summed E-state index contributed by atoms with van der Waals surface area (Å²) in [6, 6.07) is 6.01. The lowest BCUT2D eigenvalue weighted by molar-refractivity contribution is -0.885. The summed E-state index contributed by atoms with van der Waals surface area (Å²) in [4.78, 5) is 14.2. The largest absolute Gasteiger partial charge is 0.333 e. The van der Waals surface area contributed by atoms with E-state index in [0.717, 1.165) is 20.7 Å². The summed E-state index contributed by atoms with van der Waals surface area (Å²) in [6.07, 6.45) is 0. The fraction of sp³-hybridized carbons (Fsp3) is 0.571. The lowest BCUT2D eigenvalue weighted by Crippen LogP contribution is -3.09. The van der Waals surface area contributed by atoms with Gasteiger partial charge >= 0.3 is 0 Å². The maximum atomic E-state index is 12.0. The highest BCUT2D eigenvalue weighted by atomic mass is 35.5. The van der Waals surface area contributed by atoms with E-state index in [1.54, 1.807) is 6.92 Å². The van der Waals surface area contributed by atoms with Crippen molar-refractivity contribution < 1.29 is 9.69 Å². The van der Waals surface area contributed by atoms with Crippen LogP contribution in [0.15, 0.2) is 12.1 Å². The minimum Gasteiger partial charge on any atom is -0.333 e. The minimum atomic E-state index is -0.816. The number of thiophene rings is 1. The highest BCUT2D eigenvalue weighted by Crippen LogP contribution is 2.20. The van der Waals surface area contributed by atoms with Gasteiger partial charge in [-0.25, -0.2) is 0 Å². The predicted molar refractivity (Wildman–Crippen MR) is 81.8 cm³/mol. The van der Waals surface area contributed by atoms with Gasteiger partial charge in [0.1, 0.15) is 12.1 Å². The smallest absolute Gasteiger partial charge is 0.276 e. The van der Waals surface area contributed by atoms with Crippen molar-refractivity contribution in [3.05, 3.63) is 21.3 Å². The van der Waals surface area contributed by atoms with Gasteiger partial charge in [-0.1, -0.05) is 25.4 Å². The Kier molecular flexibility index (Phi) is 6.00. The molecule has 1 heterocycles. The Balaban J connectivity index is 2.52. The molecule has 1 amide bonds. The summed E-state index contributed by atoms with van der Waals surface area (Å²) in [6.45, 7) is 6.68. The van der Waals surface area contributed by atoms with Crippen LogP contribution in [-0.4, -0.2) is 25.0 Å². The summed E-state index contributed by atoms with van der Waals surface area (Å²) in [5, 5.41) is 12.0. The maximum absolute atomic E-state index is 12.0. The van der Waals surface area contributed by atoms with Crippen LogP contribution in [0.5, 0.6) is 0 Å². The second-order valence-corrected chi connectivity index (χ2v) is 7.33. The lowest BCUT2D eigenvalue weighted by atomic mass is 9.90. The quantitative estimate of drug-likeness (QED) is 0.835. The van der Waals surface area contributed by atoms with E-state index in [2.05, 4.69) is 11.4 Å². The molecule has 0 aliphatic carbocycles. The third kappa shape index (κ3) is 4.78. The topological polar surface area (TPSA) is 57.3 Å². The Morgan fingerprint density at radius 1 is 1.60 bits per heavy atom. The first kappa shape index (κ1) is 17.0. The van der Waals surface area contributed by atoms with Crippen molar-refractivity contribution in [2.45, 2.75) is 32.9 Å². The Hall–Kier alpha value is -1.09. The van der Waals surface area contributed by atoms with Gasteiger partial charge in [-0.2, -0.15) is 5.26 Å². The van der Waals surface area contributed by atoms with Gasteiger partial charge in [0, 0.05) is 0 Å². The fourth-order valence-electron chi connectivity index (χ4n) is 1.72. The third-order valence-corrected chi connectivity index (χ3v) is 4.58. The van der Waals surface area contributed by atoms with Crippen molar-refractivity contribution in [1.29, 1.82) is 5.26 Å². The number of carbonyl (C=O) groups is 1. The summed E-state index contributed by atoms with van der Waals surface area (Å²) in [5.41, 5.74) is -0.816. The molecule has 0 saturated heterocycles. The van der Waals surface area contributed by atoms with Crippen LogP contribution in [-0.2, 0) is 11.3 Å². The second-order valence-electron chi connectivity index (χ2n) is 5.53. The molecule has 0 spiro atoms. The zero-order valence-electron chi connectivity index (χ0n) is 12.3. The first-order valence-electron chi connectivity index (χ1n) is 6.54. The van der Waals surface area contributed by atoms with Crippen LogP contribution in [0.4, 0.5) is 0 Å². The molecule has 0 aromatic carbocycles. The first-order chi connectivity index (χ1) is 9.26. The molecule has 110 valence electrons. The van der Waals surface area contributed by atoms with Gasteiger partial charge < -0.3 is 10.2 Å². The molecule has 0 fully saturated rings. The van der Waals surface area contributed by atoms with Gasteiger partial charge in [0.25, 0.3) is 5.91 Å². The van der Waals surface area contributed by atoms with Crippen molar-refractivity contribution in [3.8, 4) is 6.07 Å². The summed E-state index contributed by atoms with van der Waals surface area (Å²) in [7, 11) is 1.95. The third-order valence-electron chi connectivity index (χ3n) is 3.35. The normalized spacial score (nSPS) is 15.4. The Bertz CT molecular complexity index is 509. The van der Waals surface area contributed by atoms with Gasteiger partial charge in [0.05, 0.1) is 22.3 Å². The predicted octanol–water partition coefficient (Wildman–Crippen LogP) is 1.47. The Morgan fingerprint density at radius 2 is 2.25 bits per heavy atom. The van der Waals surface area contributed by atoms with E-state index >= 15 is 0 Å². The standard InChI is InChI=1S/C14H20ClN3OS/c1-10(2)14(3,9-16)17-13(19)8-18(4)7-11-5-6-12(15)20-11/h5-6,10H,7-8H2,1-4H3,(H,17,19)/p+1/t14-/m1/s1. The van der Waals surface area contributed by atoms with Gasteiger partial charge in [0.15, 0.2) is 6.54 Å². The van der Waals surface area contributed by atoms with Crippen LogP contribution in [0.2, 0.25) is 4.34 Å². The minimum absolute atomic E-state index is 0.0628. The fourth-order valence-corrected chi connectivity index (χ4v) is 2.92. The van der Waals surface area contributed by atoms with Crippen molar-refractivity contribution in [1.82, 2.24) is 5.32 Å². The molecule has 0 saturated carbocycles. The van der Waals surface area contributed by atoms with E-state index in [1.165, 1.54) is 11.3 Å². The number of carbonyl (C=O) groups excluding carboxylic acids is 1. The van der Waals surface area contributed by atoms with Crippen LogP contribution >= 0.6 is 22.9 Å². The molecule has 1 rings (SSSR count). The molecular formula is C14H21ClN3OS+. The van der Waals surface area contributed by atoms with Gasteiger partial charge in [-0.05, 0) is 25.0 Å². The number of nitrogens with one attached hydrogen (secondary N) is 2. The molecule has 20 heavy (non-hydrogen) atoms. The Morgan fingerprint density at radius 3 is 2.70 bits per heavy atom. The van der Waals surface area contributed by atoms with Crippen LogP contribution in [0.3, 0.4) is 0 Å². The van der Waals surface area contributed by atoms with Crippen molar-refractivity contribution in [2.75, 3.05) is 13.6 Å². The summed E-state index contributed by atoms with van der Waals surface area (Å²) >= 11 is 7.41. The SMILES string of the molecule is CC(C)[C@@](C)(C#N)NC(=O)C[NH+](C)Cc1ccc(Cl)s1. The van der Waals surface area contributed by atoms with Crippen LogP contribution in [0, 0.1) is 17.2 Å². The zero-order valence-corrected chi connectivity index (χ0v) is 13.9. The average molecular weight is 315 g/mol. The van der Waals surface area contributed by atoms with E-state index in [-0.39, 0.29) is 11.8 Å². The van der Waals surface area contributed by atoms with E-state index < -0.39 is 5.54 Å². The zero-order chi connectivity index (χ0) is 15.3.